The maximum Gasteiger partial charge on any atom is 0.269 e. The highest BCUT2D eigenvalue weighted by atomic mass is 79.9. The maximum absolute atomic E-state index is 13.9. The minimum absolute atomic E-state index is 0.0305. The van der Waals surface area contributed by atoms with Crippen molar-refractivity contribution in [1.29, 1.82) is 0 Å². The molecule has 0 radical (unpaired) electrons. The standard InChI is InChI=1S/C29H30BrN3O5S/c1-2-3-17-31-28(35)25(18-21-9-5-4-6-10-21)32(19-22-13-15-23(30)16-14-22)27(34)20-33-29(36)24-11-7-8-12-26(24)39(33,37)38/h4-16,25H,2-3,17-20H2,1H3,(H,31,35). The Balaban J connectivity index is 1.69. The summed E-state index contributed by atoms with van der Waals surface area (Å²) < 4.78 is 27.8. The minimum atomic E-state index is -4.20. The van der Waals surface area contributed by atoms with Crippen LogP contribution in [0.1, 0.15) is 41.3 Å². The number of rotatable bonds is 11. The molecule has 3 aromatic rings. The molecule has 1 N–H and O–H groups in total. The van der Waals surface area contributed by atoms with E-state index in [4.69, 9.17) is 0 Å². The third kappa shape index (κ3) is 6.57. The fraction of sp³-hybridized carbons (Fsp3) is 0.276. The van der Waals surface area contributed by atoms with Crippen molar-refractivity contribution in [3.05, 3.63) is 100 Å². The van der Waals surface area contributed by atoms with Gasteiger partial charge in [-0.15, -0.1) is 0 Å². The zero-order chi connectivity index (χ0) is 28.0. The Bertz CT molecular complexity index is 1450. The van der Waals surface area contributed by atoms with E-state index in [0.29, 0.717) is 10.8 Å². The van der Waals surface area contributed by atoms with E-state index < -0.39 is 34.4 Å². The van der Waals surface area contributed by atoms with Crippen molar-refractivity contribution in [2.24, 2.45) is 0 Å². The molecule has 0 aromatic heterocycles. The fourth-order valence-electron chi connectivity index (χ4n) is 4.45. The normalized spacial score (nSPS) is 14.5. The lowest BCUT2D eigenvalue weighted by molar-refractivity contribution is -0.141. The summed E-state index contributed by atoms with van der Waals surface area (Å²) in [7, 11) is -4.20. The summed E-state index contributed by atoms with van der Waals surface area (Å²) >= 11 is 3.41. The molecular formula is C29H30BrN3O5S. The Kier molecular flexibility index (Phi) is 9.19. The number of unbranched alkanes of at least 4 members (excludes halogenated alkanes) is 1. The molecule has 1 aliphatic heterocycles. The van der Waals surface area contributed by atoms with Gasteiger partial charge in [-0.2, -0.15) is 0 Å². The Hall–Kier alpha value is -3.50. The topological polar surface area (TPSA) is 104 Å². The quantitative estimate of drug-likeness (QED) is 0.328. The molecule has 4 rings (SSSR count). The van der Waals surface area contributed by atoms with Crippen LogP contribution >= 0.6 is 15.9 Å². The van der Waals surface area contributed by atoms with E-state index in [1.807, 2.05) is 61.5 Å². The van der Waals surface area contributed by atoms with Gasteiger partial charge in [0.15, 0.2) is 0 Å². The highest BCUT2D eigenvalue weighted by Gasteiger charge is 2.43. The van der Waals surface area contributed by atoms with Gasteiger partial charge in [0.05, 0.1) is 5.56 Å². The van der Waals surface area contributed by atoms with Crippen molar-refractivity contribution in [1.82, 2.24) is 14.5 Å². The molecule has 3 aromatic carbocycles. The number of sulfonamides is 1. The average Bonchev–Trinajstić information content (AvgIpc) is 3.13. The molecule has 0 saturated heterocycles. The zero-order valence-corrected chi connectivity index (χ0v) is 23.9. The summed E-state index contributed by atoms with van der Waals surface area (Å²) in [5.41, 5.74) is 1.63. The van der Waals surface area contributed by atoms with Crippen LogP contribution in [-0.4, -0.2) is 54.5 Å². The molecule has 0 spiro atoms. The molecule has 1 heterocycles. The molecular weight excluding hydrogens is 582 g/mol. The number of hydrogen-bond donors (Lipinski definition) is 1. The Labute approximate surface area is 237 Å². The molecule has 1 aliphatic rings. The van der Waals surface area contributed by atoms with Crippen LogP contribution in [0.5, 0.6) is 0 Å². The van der Waals surface area contributed by atoms with Gasteiger partial charge in [0.1, 0.15) is 17.5 Å². The lowest BCUT2D eigenvalue weighted by Gasteiger charge is -2.32. The van der Waals surface area contributed by atoms with Crippen molar-refractivity contribution in [3.8, 4) is 0 Å². The first kappa shape index (κ1) is 28.5. The number of hydrogen-bond acceptors (Lipinski definition) is 5. The number of nitrogens with one attached hydrogen (secondary N) is 1. The average molecular weight is 613 g/mol. The van der Waals surface area contributed by atoms with Gasteiger partial charge < -0.3 is 10.2 Å². The van der Waals surface area contributed by atoms with Crippen LogP contribution < -0.4 is 5.32 Å². The summed E-state index contributed by atoms with van der Waals surface area (Å²) in [6.07, 6.45) is 1.89. The van der Waals surface area contributed by atoms with Gasteiger partial charge in [-0.25, -0.2) is 12.7 Å². The van der Waals surface area contributed by atoms with E-state index in [-0.39, 0.29) is 29.3 Å². The second kappa shape index (κ2) is 12.6. The third-order valence-corrected chi connectivity index (χ3v) is 8.87. The van der Waals surface area contributed by atoms with E-state index in [2.05, 4.69) is 21.2 Å². The van der Waals surface area contributed by atoms with Crippen LogP contribution in [0.25, 0.3) is 0 Å². The lowest BCUT2D eigenvalue weighted by Crippen LogP contribution is -2.53. The van der Waals surface area contributed by atoms with Crippen LogP contribution in [-0.2, 0) is 32.6 Å². The number of nitrogens with zero attached hydrogens (tertiary/aromatic N) is 2. The van der Waals surface area contributed by atoms with Gasteiger partial charge in [0.25, 0.3) is 15.9 Å². The van der Waals surface area contributed by atoms with Gasteiger partial charge in [-0.05, 0) is 41.8 Å². The van der Waals surface area contributed by atoms with Crippen molar-refractivity contribution < 1.29 is 22.8 Å². The van der Waals surface area contributed by atoms with Crippen LogP contribution in [0.15, 0.2) is 88.2 Å². The van der Waals surface area contributed by atoms with E-state index >= 15 is 0 Å². The first-order chi connectivity index (χ1) is 18.7. The Morgan fingerprint density at radius 2 is 1.62 bits per heavy atom. The molecule has 204 valence electrons. The SMILES string of the molecule is CCCCNC(=O)C(Cc1ccccc1)N(Cc1ccc(Br)cc1)C(=O)CN1C(=O)c2ccccc2S1(=O)=O. The summed E-state index contributed by atoms with van der Waals surface area (Å²) in [6.45, 7) is 1.82. The fourth-order valence-corrected chi connectivity index (χ4v) is 6.23. The minimum Gasteiger partial charge on any atom is -0.354 e. The highest BCUT2D eigenvalue weighted by molar-refractivity contribution is 9.10. The van der Waals surface area contributed by atoms with Crippen molar-refractivity contribution in [2.75, 3.05) is 13.1 Å². The number of carbonyl (C=O) groups excluding carboxylic acids is 3. The third-order valence-electron chi connectivity index (χ3n) is 6.56. The zero-order valence-electron chi connectivity index (χ0n) is 21.5. The van der Waals surface area contributed by atoms with E-state index in [9.17, 15) is 22.8 Å². The van der Waals surface area contributed by atoms with Crippen LogP contribution in [0.2, 0.25) is 0 Å². The smallest absolute Gasteiger partial charge is 0.269 e. The molecule has 0 saturated carbocycles. The summed E-state index contributed by atoms with van der Waals surface area (Å²) in [6, 6.07) is 21.6. The van der Waals surface area contributed by atoms with Gasteiger partial charge >= 0.3 is 0 Å². The number of carbonyl (C=O) groups is 3. The maximum atomic E-state index is 13.9. The van der Waals surface area contributed by atoms with Crippen molar-refractivity contribution in [3.63, 3.8) is 0 Å². The molecule has 0 bridgehead atoms. The van der Waals surface area contributed by atoms with E-state index in [1.54, 1.807) is 6.07 Å². The van der Waals surface area contributed by atoms with Gasteiger partial charge in [0, 0.05) is 24.0 Å². The molecule has 3 amide bonds. The number of benzene rings is 3. The molecule has 39 heavy (non-hydrogen) atoms. The first-order valence-electron chi connectivity index (χ1n) is 12.7. The largest absolute Gasteiger partial charge is 0.354 e. The summed E-state index contributed by atoms with van der Waals surface area (Å²) in [5, 5.41) is 2.93. The highest BCUT2D eigenvalue weighted by Crippen LogP contribution is 2.30. The molecule has 1 atom stereocenters. The lowest BCUT2D eigenvalue weighted by atomic mass is 10.0. The van der Waals surface area contributed by atoms with E-state index in [0.717, 1.165) is 28.4 Å². The van der Waals surface area contributed by atoms with Gasteiger partial charge in [-0.1, -0.05) is 83.9 Å². The monoisotopic (exact) mass is 611 g/mol. The molecule has 8 nitrogen and oxygen atoms in total. The molecule has 1 unspecified atom stereocenters. The molecule has 10 heteroatoms. The summed E-state index contributed by atoms with van der Waals surface area (Å²) in [4.78, 5) is 41.7. The predicted molar refractivity (Wildman–Crippen MR) is 151 cm³/mol. The van der Waals surface area contributed by atoms with Crippen molar-refractivity contribution in [2.45, 2.75) is 43.7 Å². The van der Waals surface area contributed by atoms with Gasteiger partial charge in [0.2, 0.25) is 11.8 Å². The Morgan fingerprint density at radius 3 is 2.28 bits per heavy atom. The van der Waals surface area contributed by atoms with Gasteiger partial charge in [-0.3, -0.25) is 14.4 Å². The van der Waals surface area contributed by atoms with Crippen LogP contribution in [0.4, 0.5) is 0 Å². The van der Waals surface area contributed by atoms with E-state index in [1.165, 1.54) is 23.1 Å². The van der Waals surface area contributed by atoms with Crippen LogP contribution in [0, 0.1) is 0 Å². The second-order valence-electron chi connectivity index (χ2n) is 9.31. The molecule has 0 fully saturated rings. The number of amides is 3. The number of halogens is 1. The van der Waals surface area contributed by atoms with Crippen LogP contribution in [0.3, 0.4) is 0 Å². The second-order valence-corrected chi connectivity index (χ2v) is 12.1. The van der Waals surface area contributed by atoms with Crippen molar-refractivity contribution >= 4 is 43.7 Å². The first-order valence-corrected chi connectivity index (χ1v) is 15.0. The Morgan fingerprint density at radius 1 is 0.949 bits per heavy atom. The predicted octanol–water partition coefficient (Wildman–Crippen LogP) is 4.15. The molecule has 0 aliphatic carbocycles. The summed E-state index contributed by atoms with van der Waals surface area (Å²) in [5.74, 6) is -1.74. The number of fused-ring (bicyclic) bond motifs is 1.